The van der Waals surface area contributed by atoms with Gasteiger partial charge >= 0.3 is 23.9 Å². The van der Waals surface area contributed by atoms with Crippen LogP contribution in [-0.4, -0.2) is 72.0 Å². The van der Waals surface area contributed by atoms with Crippen LogP contribution >= 0.6 is 0 Å². The van der Waals surface area contributed by atoms with Crippen LogP contribution in [0.25, 0.3) is 22.2 Å². The Morgan fingerprint density at radius 1 is 0.786 bits per heavy atom. The van der Waals surface area contributed by atoms with Crippen molar-refractivity contribution in [1.82, 2.24) is 10.3 Å². The summed E-state index contributed by atoms with van der Waals surface area (Å²) in [5, 5.41) is 3.29. The number of hydrogen-bond donors (Lipinski definition) is 1. The van der Waals surface area contributed by atoms with Crippen LogP contribution < -0.4 is 5.32 Å². The molecule has 3 aromatic rings. The van der Waals surface area contributed by atoms with Crippen LogP contribution in [0.5, 0.6) is 0 Å². The zero-order valence-corrected chi connectivity index (χ0v) is 23.4. The van der Waals surface area contributed by atoms with Crippen LogP contribution in [0.1, 0.15) is 38.1 Å². The summed E-state index contributed by atoms with van der Waals surface area (Å²) in [6.07, 6.45) is -5.44. The van der Waals surface area contributed by atoms with Gasteiger partial charge in [0.1, 0.15) is 18.8 Å². The molecule has 0 radical (unpaired) electrons. The maximum Gasteiger partial charge on any atom is 0.305 e. The zero-order valence-electron chi connectivity index (χ0n) is 23.4. The molecule has 42 heavy (non-hydrogen) atoms. The molecule has 1 N–H and O–H groups in total. The zero-order chi connectivity index (χ0) is 30.4. The molecular weight excluding hydrogens is 548 g/mol. The number of nitrogens with one attached hydrogen (secondary N) is 1. The fourth-order valence-electron chi connectivity index (χ4n) is 4.67. The minimum Gasteiger partial charge on any atom is -0.463 e. The first kappa shape index (κ1) is 30.1. The molecule has 1 aliphatic rings. The van der Waals surface area contributed by atoms with Gasteiger partial charge in [-0.2, -0.15) is 0 Å². The third-order valence-corrected chi connectivity index (χ3v) is 6.31. The number of hydrogen-bond acceptors (Lipinski definition) is 11. The topological polar surface area (TPSA) is 156 Å². The molecule has 2 aromatic carbocycles. The monoisotopic (exact) mass is 578 g/mol. The third kappa shape index (κ3) is 7.26. The Morgan fingerprint density at radius 3 is 2.05 bits per heavy atom. The molecule has 12 nitrogen and oxygen atoms in total. The van der Waals surface area contributed by atoms with Crippen molar-refractivity contribution in [1.29, 1.82) is 0 Å². The average molecular weight is 579 g/mol. The smallest absolute Gasteiger partial charge is 0.305 e. The quantitative estimate of drug-likeness (QED) is 0.310. The SMILES string of the molecule is CC(=O)OC[C@H]1O[C@H](OC(C)=O)[C@@H](NC(=O)c2cc(-c3ccccc3)nc3ccccc23)[C@@H](OC(C)=O)[C@@H]1OC(C)=O. The third-order valence-electron chi connectivity index (χ3n) is 6.31. The van der Waals surface area contributed by atoms with Crippen LogP contribution in [0, 0.1) is 0 Å². The Morgan fingerprint density at radius 2 is 1.40 bits per heavy atom. The standard InChI is InChI=1S/C30H30N2O10/c1-16(33)38-15-25-27(39-17(2)34)28(40-18(3)35)26(30(42-25)41-19(4)36)32-29(37)22-14-24(20-10-6-5-7-11-20)31-23-13-9-8-12-21(22)23/h5-14,25-28,30H,15H2,1-4H3,(H,32,37)/t25-,26+,27-,28-,30+/m1/s1. The second-order valence-corrected chi connectivity index (χ2v) is 9.54. The summed E-state index contributed by atoms with van der Waals surface area (Å²) in [5.74, 6) is -3.57. The van der Waals surface area contributed by atoms with Gasteiger partial charge in [0.05, 0.1) is 16.8 Å². The molecule has 2 heterocycles. The van der Waals surface area contributed by atoms with Crippen LogP contribution in [0.3, 0.4) is 0 Å². The van der Waals surface area contributed by atoms with E-state index in [0.29, 0.717) is 16.6 Å². The number of benzene rings is 2. The molecule has 1 fully saturated rings. The number of amides is 1. The van der Waals surface area contributed by atoms with Crippen molar-refractivity contribution in [2.45, 2.75) is 58.3 Å². The van der Waals surface area contributed by atoms with Gasteiger partial charge in [0.15, 0.2) is 12.2 Å². The van der Waals surface area contributed by atoms with Gasteiger partial charge in [-0.1, -0.05) is 48.5 Å². The van der Waals surface area contributed by atoms with Crippen molar-refractivity contribution in [2.24, 2.45) is 0 Å². The Labute approximate surface area is 241 Å². The van der Waals surface area contributed by atoms with Gasteiger partial charge in [-0.15, -0.1) is 0 Å². The Bertz CT molecular complexity index is 1490. The molecule has 12 heteroatoms. The molecule has 1 aliphatic heterocycles. The lowest BCUT2D eigenvalue weighted by Gasteiger charge is -2.44. The van der Waals surface area contributed by atoms with Crippen LogP contribution in [0.2, 0.25) is 0 Å². The number of esters is 4. The molecule has 1 saturated heterocycles. The van der Waals surface area contributed by atoms with Crippen LogP contribution in [0.15, 0.2) is 60.7 Å². The van der Waals surface area contributed by atoms with E-state index in [0.717, 1.165) is 26.3 Å². The minimum absolute atomic E-state index is 0.230. The first-order valence-corrected chi connectivity index (χ1v) is 13.1. The molecular formula is C30H30N2O10. The van der Waals surface area contributed by atoms with E-state index in [1.54, 1.807) is 30.3 Å². The van der Waals surface area contributed by atoms with Gasteiger partial charge in [-0.25, -0.2) is 4.98 Å². The van der Waals surface area contributed by atoms with Crippen LogP contribution in [-0.2, 0) is 42.9 Å². The number of pyridine rings is 1. The summed E-state index contributed by atoms with van der Waals surface area (Å²) in [7, 11) is 0. The summed E-state index contributed by atoms with van der Waals surface area (Å²) >= 11 is 0. The molecule has 4 rings (SSSR count). The van der Waals surface area contributed by atoms with Gasteiger partial charge in [0.2, 0.25) is 6.29 Å². The number of carbonyl (C=O) groups excluding carboxylic acids is 5. The minimum atomic E-state index is -1.51. The molecule has 0 spiro atoms. The summed E-state index contributed by atoms with van der Waals surface area (Å²) < 4.78 is 27.3. The first-order valence-electron chi connectivity index (χ1n) is 13.1. The van der Waals surface area contributed by atoms with E-state index < -0.39 is 67.0 Å². The number of carbonyl (C=O) groups is 5. The molecule has 0 unspecified atom stereocenters. The molecule has 1 amide bonds. The number of rotatable bonds is 8. The van der Waals surface area contributed by atoms with E-state index in [1.165, 1.54) is 6.92 Å². The summed E-state index contributed by atoms with van der Waals surface area (Å²) in [6.45, 7) is 4.14. The fourth-order valence-corrected chi connectivity index (χ4v) is 4.67. The highest BCUT2D eigenvalue weighted by atomic mass is 16.7. The highest BCUT2D eigenvalue weighted by Crippen LogP contribution is 2.30. The highest BCUT2D eigenvalue weighted by molar-refractivity contribution is 6.07. The van der Waals surface area contributed by atoms with E-state index in [2.05, 4.69) is 5.32 Å². The maximum absolute atomic E-state index is 13.9. The molecule has 0 bridgehead atoms. The maximum atomic E-state index is 13.9. The number of nitrogens with zero attached hydrogens (tertiary/aromatic N) is 1. The van der Waals surface area contributed by atoms with Gasteiger partial charge < -0.3 is 29.0 Å². The molecule has 0 aliphatic carbocycles. The second kappa shape index (κ2) is 13.2. The van der Waals surface area contributed by atoms with Crippen molar-refractivity contribution in [3.8, 4) is 11.3 Å². The van der Waals surface area contributed by atoms with Gasteiger partial charge in [-0.05, 0) is 12.1 Å². The largest absolute Gasteiger partial charge is 0.463 e. The summed E-state index contributed by atoms with van der Waals surface area (Å²) in [4.78, 5) is 66.5. The van der Waals surface area contributed by atoms with Crippen molar-refractivity contribution >= 4 is 40.7 Å². The first-order chi connectivity index (χ1) is 20.0. The molecule has 1 aromatic heterocycles. The number of fused-ring (bicyclic) bond motifs is 1. The number of aromatic nitrogens is 1. The molecule has 220 valence electrons. The van der Waals surface area contributed by atoms with E-state index in [4.69, 9.17) is 28.7 Å². The van der Waals surface area contributed by atoms with E-state index in [1.807, 2.05) is 30.3 Å². The van der Waals surface area contributed by atoms with Gasteiger partial charge in [-0.3, -0.25) is 24.0 Å². The Hall–Kier alpha value is -4.84. The van der Waals surface area contributed by atoms with E-state index in [-0.39, 0.29) is 5.56 Å². The lowest BCUT2D eigenvalue weighted by atomic mass is 9.95. The molecule has 0 saturated carbocycles. The van der Waals surface area contributed by atoms with Crippen molar-refractivity contribution < 1.29 is 47.7 Å². The lowest BCUT2D eigenvalue weighted by molar-refractivity contribution is -0.270. The molecule has 5 atom stereocenters. The Balaban J connectivity index is 1.78. The van der Waals surface area contributed by atoms with Crippen molar-refractivity contribution in [3.05, 3.63) is 66.2 Å². The van der Waals surface area contributed by atoms with Crippen LogP contribution in [0.4, 0.5) is 0 Å². The van der Waals surface area contributed by atoms with Crippen molar-refractivity contribution in [2.75, 3.05) is 6.61 Å². The average Bonchev–Trinajstić information content (AvgIpc) is 2.94. The Kier molecular flexibility index (Phi) is 9.48. The van der Waals surface area contributed by atoms with Gasteiger partial charge in [0.25, 0.3) is 5.91 Å². The predicted molar refractivity (Wildman–Crippen MR) is 147 cm³/mol. The van der Waals surface area contributed by atoms with E-state index >= 15 is 0 Å². The summed E-state index contributed by atoms with van der Waals surface area (Å²) in [6, 6.07) is 16.6. The second-order valence-electron chi connectivity index (χ2n) is 9.54. The lowest BCUT2D eigenvalue weighted by Crippen LogP contribution is -2.67. The predicted octanol–water partition coefficient (Wildman–Crippen LogP) is 2.71. The summed E-state index contributed by atoms with van der Waals surface area (Å²) in [5.41, 5.74) is 2.09. The van der Waals surface area contributed by atoms with Gasteiger partial charge in [0, 0.05) is 38.6 Å². The number of para-hydroxylation sites is 1. The van der Waals surface area contributed by atoms with E-state index in [9.17, 15) is 24.0 Å². The normalized spacial score (nSPS) is 21.6. The highest BCUT2D eigenvalue weighted by Gasteiger charge is 2.52. The van der Waals surface area contributed by atoms with Crippen molar-refractivity contribution in [3.63, 3.8) is 0 Å². The fraction of sp³-hybridized carbons (Fsp3) is 0.333. The number of ether oxygens (including phenoxy) is 5.